The molecule has 2 atom stereocenters. The van der Waals surface area contributed by atoms with Gasteiger partial charge in [0.05, 0.1) is 19.4 Å². The van der Waals surface area contributed by atoms with E-state index in [-0.39, 0.29) is 12.5 Å². The van der Waals surface area contributed by atoms with Gasteiger partial charge < -0.3 is 19.7 Å². The third-order valence-electron chi connectivity index (χ3n) is 3.62. The van der Waals surface area contributed by atoms with Crippen LogP contribution in [0.1, 0.15) is 59.3 Å². The molecule has 2 N–H and O–H groups in total. The largest absolute Gasteiger partial charge is 0.481 e. The maximum absolute atomic E-state index is 12.0. The van der Waals surface area contributed by atoms with Crippen molar-refractivity contribution in [3.8, 4) is 0 Å². The predicted octanol–water partition coefficient (Wildman–Crippen LogP) is 2.00. The Labute approximate surface area is 141 Å². The summed E-state index contributed by atoms with van der Waals surface area (Å²) in [6.07, 6.45) is 1.81. The molecule has 0 heterocycles. The standard InChI is InChI=1S/C16H26O8/c1-4-6-7-12(5-2)10-23-14(20)9-16(15(21)22,8-13(18)19)24-11(3)17/h12H,4-10H2,1-3H3,(H,18,19)(H,21,22). The van der Waals surface area contributed by atoms with E-state index in [0.717, 1.165) is 32.6 Å². The third kappa shape index (κ3) is 7.94. The SMILES string of the molecule is CCCCC(CC)COC(=O)CC(CC(=O)O)(OC(C)=O)C(=O)O. The summed E-state index contributed by atoms with van der Waals surface area (Å²) in [6, 6.07) is 0. The quantitative estimate of drug-likeness (QED) is 0.514. The van der Waals surface area contributed by atoms with Gasteiger partial charge >= 0.3 is 23.9 Å². The van der Waals surface area contributed by atoms with Gasteiger partial charge in [0.1, 0.15) is 0 Å². The van der Waals surface area contributed by atoms with Gasteiger partial charge in [-0.25, -0.2) is 4.79 Å². The summed E-state index contributed by atoms with van der Waals surface area (Å²) < 4.78 is 9.73. The van der Waals surface area contributed by atoms with E-state index in [0.29, 0.717) is 0 Å². The van der Waals surface area contributed by atoms with Gasteiger partial charge in [-0.15, -0.1) is 0 Å². The first-order chi connectivity index (χ1) is 11.2. The highest BCUT2D eigenvalue weighted by molar-refractivity contribution is 5.90. The molecule has 2 unspecified atom stereocenters. The second-order valence-electron chi connectivity index (χ2n) is 5.74. The van der Waals surface area contributed by atoms with Crippen LogP contribution < -0.4 is 0 Å². The Kier molecular flexibility index (Phi) is 9.68. The first-order valence-electron chi connectivity index (χ1n) is 7.97. The average Bonchev–Trinajstić information content (AvgIpc) is 2.45. The first-order valence-corrected chi connectivity index (χ1v) is 7.97. The fourth-order valence-electron chi connectivity index (χ4n) is 2.24. The monoisotopic (exact) mass is 346 g/mol. The molecule has 8 heteroatoms. The highest BCUT2D eigenvalue weighted by Gasteiger charge is 2.47. The van der Waals surface area contributed by atoms with E-state index < -0.39 is 42.3 Å². The Hall–Kier alpha value is -2.12. The van der Waals surface area contributed by atoms with Crippen LogP contribution in [-0.2, 0) is 28.7 Å². The zero-order valence-corrected chi connectivity index (χ0v) is 14.4. The van der Waals surface area contributed by atoms with Crippen molar-refractivity contribution in [2.45, 2.75) is 64.9 Å². The molecule has 0 aliphatic rings. The van der Waals surface area contributed by atoms with Gasteiger partial charge in [0, 0.05) is 6.92 Å². The Morgan fingerprint density at radius 2 is 1.71 bits per heavy atom. The van der Waals surface area contributed by atoms with Crippen LogP contribution in [0.15, 0.2) is 0 Å². The van der Waals surface area contributed by atoms with E-state index in [1.54, 1.807) is 0 Å². The van der Waals surface area contributed by atoms with Gasteiger partial charge in [0.2, 0.25) is 5.60 Å². The van der Waals surface area contributed by atoms with Gasteiger partial charge in [0.25, 0.3) is 0 Å². The van der Waals surface area contributed by atoms with Gasteiger partial charge in [-0.05, 0) is 12.3 Å². The number of carboxylic acid groups (broad SMARTS) is 2. The summed E-state index contributed by atoms with van der Waals surface area (Å²) in [6.45, 7) is 5.07. The molecule has 0 saturated heterocycles. The lowest BCUT2D eigenvalue weighted by Crippen LogP contribution is -2.47. The highest BCUT2D eigenvalue weighted by Crippen LogP contribution is 2.24. The Morgan fingerprint density at radius 3 is 2.12 bits per heavy atom. The second kappa shape index (κ2) is 10.6. The fraction of sp³-hybridized carbons (Fsp3) is 0.750. The maximum atomic E-state index is 12.0. The molecule has 0 aliphatic carbocycles. The zero-order valence-electron chi connectivity index (χ0n) is 14.4. The van der Waals surface area contributed by atoms with Crippen molar-refractivity contribution in [1.29, 1.82) is 0 Å². The minimum Gasteiger partial charge on any atom is -0.481 e. The molecule has 0 saturated carbocycles. The molecule has 8 nitrogen and oxygen atoms in total. The van der Waals surface area contributed by atoms with E-state index in [9.17, 15) is 24.3 Å². The van der Waals surface area contributed by atoms with E-state index in [4.69, 9.17) is 9.84 Å². The molecule has 24 heavy (non-hydrogen) atoms. The number of unbranched alkanes of at least 4 members (excludes halogenated alkanes) is 1. The summed E-state index contributed by atoms with van der Waals surface area (Å²) in [5.74, 6) is -4.94. The number of ether oxygens (including phenoxy) is 2. The summed E-state index contributed by atoms with van der Waals surface area (Å²) in [7, 11) is 0. The van der Waals surface area contributed by atoms with Crippen LogP contribution in [0.5, 0.6) is 0 Å². The minimum atomic E-state index is -2.46. The predicted molar refractivity (Wildman–Crippen MR) is 83.3 cm³/mol. The van der Waals surface area contributed by atoms with Crippen LogP contribution in [-0.4, -0.2) is 46.3 Å². The van der Waals surface area contributed by atoms with Crippen molar-refractivity contribution >= 4 is 23.9 Å². The first kappa shape index (κ1) is 21.9. The van der Waals surface area contributed by atoms with E-state index in [1.807, 2.05) is 13.8 Å². The van der Waals surface area contributed by atoms with Crippen molar-refractivity contribution < 1.29 is 38.9 Å². The molecule has 0 aromatic heterocycles. The van der Waals surface area contributed by atoms with Crippen LogP contribution in [0.3, 0.4) is 0 Å². The van der Waals surface area contributed by atoms with Crippen LogP contribution in [0, 0.1) is 5.92 Å². The molecule has 138 valence electrons. The number of carboxylic acids is 2. The lowest BCUT2D eigenvalue weighted by molar-refractivity contribution is -0.186. The number of carbonyl (C=O) groups excluding carboxylic acids is 2. The minimum absolute atomic E-state index is 0.123. The van der Waals surface area contributed by atoms with Crippen LogP contribution in [0.4, 0.5) is 0 Å². The topological polar surface area (TPSA) is 127 Å². The second-order valence-corrected chi connectivity index (χ2v) is 5.74. The summed E-state index contributed by atoms with van der Waals surface area (Å²) >= 11 is 0. The fourth-order valence-corrected chi connectivity index (χ4v) is 2.24. The molecule has 0 rings (SSSR count). The molecule has 0 radical (unpaired) electrons. The summed E-state index contributed by atoms with van der Waals surface area (Å²) in [5.41, 5.74) is -2.46. The molecular formula is C16H26O8. The number of esters is 2. The molecule has 0 aromatic rings. The molecule has 0 aliphatic heterocycles. The van der Waals surface area contributed by atoms with Gasteiger partial charge in [-0.2, -0.15) is 0 Å². The number of hydrogen-bond acceptors (Lipinski definition) is 6. The zero-order chi connectivity index (χ0) is 18.8. The molecule has 0 fully saturated rings. The lowest BCUT2D eigenvalue weighted by Gasteiger charge is -2.26. The van der Waals surface area contributed by atoms with E-state index in [2.05, 4.69) is 4.74 Å². The highest BCUT2D eigenvalue weighted by atomic mass is 16.6. The number of rotatable bonds is 12. The van der Waals surface area contributed by atoms with Crippen molar-refractivity contribution in [2.75, 3.05) is 6.61 Å². The molecular weight excluding hydrogens is 320 g/mol. The summed E-state index contributed by atoms with van der Waals surface area (Å²) in [4.78, 5) is 45.4. The molecule has 0 amide bonds. The average molecular weight is 346 g/mol. The van der Waals surface area contributed by atoms with Crippen LogP contribution >= 0.6 is 0 Å². The number of hydrogen-bond donors (Lipinski definition) is 2. The third-order valence-corrected chi connectivity index (χ3v) is 3.62. The van der Waals surface area contributed by atoms with Crippen molar-refractivity contribution in [1.82, 2.24) is 0 Å². The number of aliphatic carboxylic acids is 2. The molecule has 0 spiro atoms. The maximum Gasteiger partial charge on any atom is 0.349 e. The molecule has 0 bridgehead atoms. The van der Waals surface area contributed by atoms with Crippen LogP contribution in [0.2, 0.25) is 0 Å². The molecule has 0 aromatic carbocycles. The Bertz CT molecular complexity index is 441. The van der Waals surface area contributed by atoms with Gasteiger partial charge in [-0.1, -0.05) is 33.1 Å². The van der Waals surface area contributed by atoms with Crippen molar-refractivity contribution in [3.05, 3.63) is 0 Å². The smallest absolute Gasteiger partial charge is 0.349 e. The number of carbonyl (C=O) groups is 4. The Balaban J connectivity index is 4.93. The lowest BCUT2D eigenvalue weighted by atomic mass is 9.95. The van der Waals surface area contributed by atoms with Crippen molar-refractivity contribution in [2.24, 2.45) is 5.92 Å². The van der Waals surface area contributed by atoms with E-state index >= 15 is 0 Å². The normalized spacial score (nSPS) is 14.3. The Morgan fingerprint density at radius 1 is 1.08 bits per heavy atom. The van der Waals surface area contributed by atoms with Gasteiger partial charge in [-0.3, -0.25) is 14.4 Å². The van der Waals surface area contributed by atoms with E-state index in [1.165, 1.54) is 0 Å². The van der Waals surface area contributed by atoms with Gasteiger partial charge in [0.15, 0.2) is 0 Å². The summed E-state index contributed by atoms with van der Waals surface area (Å²) in [5, 5.41) is 18.1. The van der Waals surface area contributed by atoms with Crippen LogP contribution in [0.25, 0.3) is 0 Å². The van der Waals surface area contributed by atoms with Crippen molar-refractivity contribution in [3.63, 3.8) is 0 Å².